The molecular formula is C17H19BrN4O2. The van der Waals surface area contributed by atoms with Crippen LogP contribution < -0.4 is 5.32 Å². The number of hydrogen-bond acceptors (Lipinski definition) is 4. The molecule has 7 heteroatoms. The fraction of sp³-hybridized carbons (Fsp3) is 0.353. The summed E-state index contributed by atoms with van der Waals surface area (Å²) in [6.07, 6.45) is 3.10. The average Bonchev–Trinajstić information content (AvgIpc) is 2.93. The normalized spacial score (nSPS) is 11.0. The lowest BCUT2D eigenvalue weighted by molar-refractivity contribution is 0.0525. The molecule has 2 aromatic rings. The number of halogens is 1. The zero-order valence-corrected chi connectivity index (χ0v) is 15.4. The third-order valence-corrected chi connectivity index (χ3v) is 3.74. The van der Waals surface area contributed by atoms with Gasteiger partial charge in [-0.05, 0) is 42.8 Å². The lowest BCUT2D eigenvalue weighted by Gasteiger charge is -2.19. The topological polar surface area (TPSA) is 79.9 Å². The first-order chi connectivity index (χ1) is 11.3. The minimum Gasteiger partial charge on any atom is -0.444 e. The van der Waals surface area contributed by atoms with Crippen LogP contribution in [0.15, 0.2) is 35.1 Å². The van der Waals surface area contributed by atoms with Crippen LogP contribution >= 0.6 is 15.9 Å². The molecule has 0 aliphatic heterocycles. The van der Waals surface area contributed by atoms with Crippen LogP contribution in [0.3, 0.4) is 0 Å². The molecule has 0 radical (unpaired) electrons. The van der Waals surface area contributed by atoms with Gasteiger partial charge in [-0.15, -0.1) is 0 Å². The van der Waals surface area contributed by atoms with Gasteiger partial charge in [0, 0.05) is 28.3 Å². The highest BCUT2D eigenvalue weighted by Gasteiger charge is 2.15. The summed E-state index contributed by atoms with van der Waals surface area (Å²) < 4.78 is 7.64. The minimum absolute atomic E-state index is 0.402. The first-order valence-corrected chi connectivity index (χ1v) is 8.28. The van der Waals surface area contributed by atoms with Gasteiger partial charge < -0.3 is 10.1 Å². The van der Waals surface area contributed by atoms with Crippen molar-refractivity contribution in [1.82, 2.24) is 15.1 Å². The highest BCUT2D eigenvalue weighted by molar-refractivity contribution is 9.10. The van der Waals surface area contributed by atoms with Crippen molar-refractivity contribution in [3.63, 3.8) is 0 Å². The van der Waals surface area contributed by atoms with E-state index in [-0.39, 0.29) is 0 Å². The Bertz CT molecular complexity index is 772. The van der Waals surface area contributed by atoms with E-state index in [9.17, 15) is 10.1 Å². The summed E-state index contributed by atoms with van der Waals surface area (Å²) in [5.41, 5.74) is 1.73. The van der Waals surface area contributed by atoms with Crippen molar-refractivity contribution >= 4 is 22.0 Å². The van der Waals surface area contributed by atoms with Crippen molar-refractivity contribution in [3.05, 3.63) is 40.6 Å². The van der Waals surface area contributed by atoms with Gasteiger partial charge in [0.1, 0.15) is 11.7 Å². The van der Waals surface area contributed by atoms with Gasteiger partial charge in [-0.2, -0.15) is 10.4 Å². The summed E-state index contributed by atoms with van der Waals surface area (Å²) in [4.78, 5) is 11.6. The molecule has 24 heavy (non-hydrogen) atoms. The fourth-order valence-corrected chi connectivity index (χ4v) is 2.54. The number of alkyl carbamates (subject to hydrolysis) is 1. The van der Waals surface area contributed by atoms with Crippen molar-refractivity contribution in [2.45, 2.75) is 32.9 Å². The quantitative estimate of drug-likeness (QED) is 0.862. The number of benzene rings is 1. The number of amides is 1. The lowest BCUT2D eigenvalue weighted by atomic mass is 10.0. The number of nitrogens with one attached hydrogen (secondary N) is 1. The Labute approximate surface area is 149 Å². The molecule has 1 amide bonds. The number of carbonyl (C=O) groups is 1. The maximum atomic E-state index is 11.6. The van der Waals surface area contributed by atoms with E-state index >= 15 is 0 Å². The third kappa shape index (κ3) is 4.83. The molecule has 126 valence electrons. The molecule has 0 aliphatic carbocycles. The van der Waals surface area contributed by atoms with Crippen LogP contribution in [0, 0.1) is 11.3 Å². The average molecular weight is 391 g/mol. The molecular weight excluding hydrogens is 372 g/mol. The van der Waals surface area contributed by atoms with Crippen LogP contribution in [0.25, 0.3) is 11.1 Å². The van der Waals surface area contributed by atoms with Gasteiger partial charge in [-0.25, -0.2) is 4.79 Å². The van der Waals surface area contributed by atoms with Gasteiger partial charge in [0.15, 0.2) is 0 Å². The molecule has 0 saturated carbocycles. The lowest BCUT2D eigenvalue weighted by Crippen LogP contribution is -2.34. The van der Waals surface area contributed by atoms with Gasteiger partial charge in [0.05, 0.1) is 18.3 Å². The predicted molar refractivity (Wildman–Crippen MR) is 94.3 cm³/mol. The van der Waals surface area contributed by atoms with Crippen molar-refractivity contribution < 1.29 is 9.53 Å². The molecule has 1 N–H and O–H groups in total. The molecule has 0 bridgehead atoms. The van der Waals surface area contributed by atoms with Crippen molar-refractivity contribution in [2.24, 2.45) is 0 Å². The van der Waals surface area contributed by atoms with Gasteiger partial charge in [-0.1, -0.05) is 12.1 Å². The molecule has 2 rings (SSSR count). The highest BCUT2D eigenvalue weighted by Crippen LogP contribution is 2.28. The van der Waals surface area contributed by atoms with E-state index in [2.05, 4.69) is 32.4 Å². The number of ether oxygens (including phenoxy) is 1. The van der Waals surface area contributed by atoms with E-state index in [1.54, 1.807) is 10.9 Å². The molecule has 0 saturated heterocycles. The number of rotatable bonds is 4. The largest absolute Gasteiger partial charge is 0.444 e. The van der Waals surface area contributed by atoms with E-state index in [0.717, 1.165) is 15.6 Å². The van der Waals surface area contributed by atoms with Crippen molar-refractivity contribution in [1.29, 1.82) is 5.26 Å². The van der Waals surface area contributed by atoms with Gasteiger partial charge in [0.2, 0.25) is 0 Å². The van der Waals surface area contributed by atoms with Crippen LogP contribution in [0.5, 0.6) is 0 Å². The second-order valence-corrected chi connectivity index (χ2v) is 7.05. The van der Waals surface area contributed by atoms with E-state index in [1.165, 1.54) is 0 Å². The Morgan fingerprint density at radius 1 is 1.46 bits per heavy atom. The Morgan fingerprint density at radius 3 is 2.88 bits per heavy atom. The van der Waals surface area contributed by atoms with E-state index in [1.807, 2.05) is 45.2 Å². The molecule has 1 aromatic heterocycles. The molecule has 1 aromatic carbocycles. The second kappa shape index (κ2) is 7.49. The summed E-state index contributed by atoms with van der Waals surface area (Å²) in [6.45, 7) is 6.36. The smallest absolute Gasteiger partial charge is 0.407 e. The van der Waals surface area contributed by atoms with E-state index < -0.39 is 11.7 Å². The molecule has 1 heterocycles. The van der Waals surface area contributed by atoms with E-state index in [4.69, 9.17) is 4.74 Å². The van der Waals surface area contributed by atoms with Crippen molar-refractivity contribution in [2.75, 3.05) is 6.54 Å². The highest BCUT2D eigenvalue weighted by atomic mass is 79.9. The van der Waals surface area contributed by atoms with Crippen LogP contribution in [-0.4, -0.2) is 28.0 Å². The monoisotopic (exact) mass is 390 g/mol. The second-order valence-electron chi connectivity index (χ2n) is 6.19. The Morgan fingerprint density at radius 2 is 2.21 bits per heavy atom. The SMILES string of the molecule is CC(C)(C)OC(=O)NCCn1cc(-c2cccc(Br)c2C#N)cn1. The maximum Gasteiger partial charge on any atom is 0.407 e. The number of nitrogens with zero attached hydrogens (tertiary/aromatic N) is 3. The maximum absolute atomic E-state index is 11.6. The molecule has 0 aliphatic rings. The summed E-state index contributed by atoms with van der Waals surface area (Å²) in [7, 11) is 0. The van der Waals surface area contributed by atoms with Gasteiger partial charge in [0.25, 0.3) is 0 Å². The Kier molecular flexibility index (Phi) is 5.62. The number of nitriles is 1. The Hall–Kier alpha value is -2.33. The molecule has 0 unspecified atom stereocenters. The number of hydrogen-bond donors (Lipinski definition) is 1. The summed E-state index contributed by atoms with van der Waals surface area (Å²) in [5, 5.41) is 16.2. The minimum atomic E-state index is -0.517. The molecule has 0 spiro atoms. The van der Waals surface area contributed by atoms with E-state index in [0.29, 0.717) is 18.7 Å². The van der Waals surface area contributed by atoms with Crippen molar-refractivity contribution in [3.8, 4) is 17.2 Å². The van der Waals surface area contributed by atoms with Crippen LogP contribution in [0.1, 0.15) is 26.3 Å². The first-order valence-electron chi connectivity index (χ1n) is 7.48. The molecule has 0 atom stereocenters. The Balaban J connectivity index is 1.99. The summed E-state index contributed by atoms with van der Waals surface area (Å²) in [6, 6.07) is 7.78. The van der Waals surface area contributed by atoms with Gasteiger partial charge in [-0.3, -0.25) is 4.68 Å². The number of aromatic nitrogens is 2. The first kappa shape index (κ1) is 18.0. The third-order valence-electron chi connectivity index (χ3n) is 3.08. The zero-order valence-electron chi connectivity index (χ0n) is 13.8. The fourth-order valence-electron chi connectivity index (χ4n) is 2.09. The number of carbonyl (C=O) groups excluding carboxylic acids is 1. The van der Waals surface area contributed by atoms with Crippen LogP contribution in [0.4, 0.5) is 4.79 Å². The zero-order chi connectivity index (χ0) is 17.7. The standard InChI is InChI=1S/C17H19BrN4O2/c1-17(2,3)24-16(23)20-7-8-22-11-12(10-21-22)13-5-4-6-15(18)14(13)9-19/h4-6,10-11H,7-8H2,1-3H3,(H,20,23). The van der Waals surface area contributed by atoms with Gasteiger partial charge >= 0.3 is 6.09 Å². The van der Waals surface area contributed by atoms with Crippen LogP contribution in [-0.2, 0) is 11.3 Å². The predicted octanol–water partition coefficient (Wildman–Crippen LogP) is 3.71. The molecule has 6 nitrogen and oxygen atoms in total. The summed E-state index contributed by atoms with van der Waals surface area (Å²) >= 11 is 3.38. The summed E-state index contributed by atoms with van der Waals surface area (Å²) in [5.74, 6) is 0. The van der Waals surface area contributed by atoms with Crippen LogP contribution in [0.2, 0.25) is 0 Å². The molecule has 0 fully saturated rings.